The van der Waals surface area contributed by atoms with E-state index in [-0.39, 0.29) is 0 Å². The van der Waals surface area contributed by atoms with Gasteiger partial charge in [-0.25, -0.2) is 8.42 Å². The molecule has 0 bridgehead atoms. The van der Waals surface area contributed by atoms with Gasteiger partial charge in [0.15, 0.2) is 0 Å². The Labute approximate surface area is 129 Å². The number of rotatable bonds is 7. The highest BCUT2D eigenvalue weighted by Crippen LogP contribution is 2.24. The van der Waals surface area contributed by atoms with Crippen LogP contribution >= 0.6 is 11.3 Å². The van der Waals surface area contributed by atoms with Crippen molar-refractivity contribution in [2.24, 2.45) is 0 Å². The van der Waals surface area contributed by atoms with Gasteiger partial charge in [-0.05, 0) is 43.3 Å². The minimum absolute atomic E-state index is 0.322. The number of anilines is 2. The van der Waals surface area contributed by atoms with Gasteiger partial charge < -0.3 is 10.1 Å². The Hall–Kier alpha value is -1.57. The van der Waals surface area contributed by atoms with Gasteiger partial charge in [-0.1, -0.05) is 0 Å². The van der Waals surface area contributed by atoms with E-state index in [0.29, 0.717) is 23.0 Å². The second kappa shape index (κ2) is 6.93. The maximum Gasteiger partial charge on any atom is 0.271 e. The number of methoxy groups -OCH3 is 1. The van der Waals surface area contributed by atoms with E-state index in [1.54, 1.807) is 31.4 Å². The van der Waals surface area contributed by atoms with Crippen LogP contribution < -0.4 is 10.0 Å². The van der Waals surface area contributed by atoms with Crippen LogP contribution in [0.3, 0.4) is 0 Å². The van der Waals surface area contributed by atoms with Crippen molar-refractivity contribution in [1.29, 1.82) is 0 Å². The lowest BCUT2D eigenvalue weighted by Crippen LogP contribution is -2.11. The van der Waals surface area contributed by atoms with Gasteiger partial charge in [-0.15, -0.1) is 11.3 Å². The van der Waals surface area contributed by atoms with Crippen molar-refractivity contribution in [2.75, 3.05) is 30.3 Å². The first-order chi connectivity index (χ1) is 10.0. The van der Waals surface area contributed by atoms with Crippen LogP contribution in [0, 0.1) is 6.92 Å². The molecule has 0 atom stereocenters. The Kier molecular flexibility index (Phi) is 5.22. The van der Waals surface area contributed by atoms with Crippen LogP contribution in [0.2, 0.25) is 0 Å². The van der Waals surface area contributed by atoms with Crippen molar-refractivity contribution in [2.45, 2.75) is 11.1 Å². The third-order valence-corrected chi connectivity index (χ3v) is 5.63. The monoisotopic (exact) mass is 326 g/mol. The van der Waals surface area contributed by atoms with Crippen molar-refractivity contribution >= 4 is 32.7 Å². The molecule has 2 N–H and O–H groups in total. The quantitative estimate of drug-likeness (QED) is 0.768. The number of hydrogen-bond acceptors (Lipinski definition) is 5. The number of aryl methyl sites for hydroxylation is 1. The molecule has 0 unspecified atom stereocenters. The summed E-state index contributed by atoms with van der Waals surface area (Å²) in [6, 6.07) is 10.5. The standard InChI is InChI=1S/C14H18N2O3S2/c1-11-3-8-14(20-11)21(17,18)16-13-6-4-12(5-7-13)15-9-10-19-2/h3-8,15-16H,9-10H2,1-2H3. The van der Waals surface area contributed by atoms with Crippen LogP contribution in [-0.2, 0) is 14.8 Å². The molecule has 21 heavy (non-hydrogen) atoms. The van der Waals surface area contributed by atoms with Gasteiger partial charge in [0.1, 0.15) is 4.21 Å². The molecular formula is C14H18N2O3S2. The van der Waals surface area contributed by atoms with Crippen molar-refractivity contribution in [3.8, 4) is 0 Å². The number of hydrogen-bond donors (Lipinski definition) is 2. The summed E-state index contributed by atoms with van der Waals surface area (Å²) >= 11 is 1.25. The molecule has 0 aliphatic rings. The molecule has 0 amide bonds. The Balaban J connectivity index is 2.03. The second-order valence-corrected chi connectivity index (χ2v) is 7.66. The van der Waals surface area contributed by atoms with Gasteiger partial charge in [-0.3, -0.25) is 4.72 Å². The van der Waals surface area contributed by atoms with Gasteiger partial charge in [0.05, 0.1) is 6.61 Å². The number of thiophene rings is 1. The molecule has 0 aliphatic heterocycles. The Morgan fingerprint density at radius 3 is 2.33 bits per heavy atom. The third-order valence-electron chi connectivity index (χ3n) is 2.75. The smallest absolute Gasteiger partial charge is 0.271 e. The maximum atomic E-state index is 12.2. The van der Waals surface area contributed by atoms with Crippen molar-refractivity contribution in [3.63, 3.8) is 0 Å². The highest BCUT2D eigenvalue weighted by molar-refractivity contribution is 7.94. The van der Waals surface area contributed by atoms with E-state index in [0.717, 1.165) is 10.6 Å². The molecule has 2 aromatic rings. The molecule has 114 valence electrons. The van der Waals surface area contributed by atoms with Crippen LogP contribution in [-0.4, -0.2) is 28.7 Å². The zero-order valence-corrected chi connectivity index (χ0v) is 13.6. The van der Waals surface area contributed by atoms with Crippen LogP contribution in [0.4, 0.5) is 11.4 Å². The summed E-state index contributed by atoms with van der Waals surface area (Å²) in [6.07, 6.45) is 0. The number of benzene rings is 1. The van der Waals surface area contributed by atoms with Crippen LogP contribution in [0.5, 0.6) is 0 Å². The maximum absolute atomic E-state index is 12.2. The van der Waals surface area contributed by atoms with E-state index in [2.05, 4.69) is 10.0 Å². The molecule has 2 rings (SSSR count). The average Bonchev–Trinajstić information content (AvgIpc) is 2.88. The molecule has 1 aromatic carbocycles. The molecule has 0 spiro atoms. The van der Waals surface area contributed by atoms with Gasteiger partial charge in [0, 0.05) is 29.9 Å². The first-order valence-corrected chi connectivity index (χ1v) is 8.73. The summed E-state index contributed by atoms with van der Waals surface area (Å²) in [5, 5.41) is 3.17. The van der Waals surface area contributed by atoms with Crippen LogP contribution in [0.1, 0.15) is 4.88 Å². The van der Waals surface area contributed by atoms with Crippen LogP contribution in [0.15, 0.2) is 40.6 Å². The number of nitrogens with one attached hydrogen (secondary N) is 2. The molecule has 0 fully saturated rings. The fourth-order valence-electron chi connectivity index (χ4n) is 1.72. The molecule has 1 heterocycles. The van der Waals surface area contributed by atoms with Gasteiger partial charge in [0.25, 0.3) is 10.0 Å². The topological polar surface area (TPSA) is 67.4 Å². The molecule has 0 radical (unpaired) electrons. The summed E-state index contributed by atoms with van der Waals surface area (Å²) in [4.78, 5) is 0.966. The largest absolute Gasteiger partial charge is 0.383 e. The predicted octanol–water partition coefficient (Wildman–Crippen LogP) is 2.92. The van der Waals surface area contributed by atoms with E-state index in [4.69, 9.17) is 4.74 Å². The molecule has 0 saturated heterocycles. The molecule has 0 aliphatic carbocycles. The van der Waals surface area contributed by atoms with E-state index in [9.17, 15) is 8.42 Å². The van der Waals surface area contributed by atoms with E-state index in [1.807, 2.05) is 19.1 Å². The van der Waals surface area contributed by atoms with Gasteiger partial charge in [0.2, 0.25) is 0 Å². The predicted molar refractivity (Wildman–Crippen MR) is 86.7 cm³/mol. The zero-order chi connectivity index (χ0) is 15.3. The number of ether oxygens (including phenoxy) is 1. The Morgan fingerprint density at radius 1 is 1.10 bits per heavy atom. The summed E-state index contributed by atoms with van der Waals surface area (Å²) in [6.45, 7) is 3.20. The highest BCUT2D eigenvalue weighted by atomic mass is 32.2. The fraction of sp³-hybridized carbons (Fsp3) is 0.286. The van der Waals surface area contributed by atoms with Crippen LogP contribution in [0.25, 0.3) is 0 Å². The lowest BCUT2D eigenvalue weighted by molar-refractivity contribution is 0.211. The van der Waals surface area contributed by atoms with Crippen molar-refractivity contribution in [1.82, 2.24) is 0 Å². The summed E-state index contributed by atoms with van der Waals surface area (Å²) in [7, 11) is -1.85. The first kappa shape index (κ1) is 15.8. The lowest BCUT2D eigenvalue weighted by atomic mass is 10.3. The van der Waals surface area contributed by atoms with Gasteiger partial charge >= 0.3 is 0 Å². The highest BCUT2D eigenvalue weighted by Gasteiger charge is 2.15. The third kappa shape index (κ3) is 4.45. The average molecular weight is 326 g/mol. The van der Waals surface area contributed by atoms with Gasteiger partial charge in [-0.2, -0.15) is 0 Å². The molecular weight excluding hydrogens is 308 g/mol. The second-order valence-electron chi connectivity index (χ2n) is 4.47. The molecule has 5 nitrogen and oxygen atoms in total. The van der Waals surface area contributed by atoms with Crippen molar-refractivity contribution < 1.29 is 13.2 Å². The Morgan fingerprint density at radius 2 is 1.76 bits per heavy atom. The normalized spacial score (nSPS) is 11.3. The van der Waals surface area contributed by atoms with Crippen molar-refractivity contribution in [3.05, 3.63) is 41.3 Å². The fourth-order valence-corrected chi connectivity index (χ4v) is 4.06. The first-order valence-electron chi connectivity index (χ1n) is 6.43. The molecule has 1 aromatic heterocycles. The molecule has 0 saturated carbocycles. The minimum atomic E-state index is -3.50. The van der Waals surface area contributed by atoms with E-state index >= 15 is 0 Å². The molecule has 7 heteroatoms. The minimum Gasteiger partial charge on any atom is -0.383 e. The van der Waals surface area contributed by atoms with E-state index < -0.39 is 10.0 Å². The zero-order valence-electron chi connectivity index (χ0n) is 11.9. The lowest BCUT2D eigenvalue weighted by Gasteiger charge is -2.09. The SMILES string of the molecule is COCCNc1ccc(NS(=O)(=O)c2ccc(C)s2)cc1. The Bertz CT molecular complexity index is 678. The summed E-state index contributed by atoms with van der Waals surface area (Å²) < 4.78 is 32.2. The van der Waals surface area contributed by atoms with E-state index in [1.165, 1.54) is 11.3 Å². The summed E-state index contributed by atoms with van der Waals surface area (Å²) in [5.41, 5.74) is 1.46. The number of sulfonamides is 1. The summed E-state index contributed by atoms with van der Waals surface area (Å²) in [5.74, 6) is 0.